The van der Waals surface area contributed by atoms with Crippen LogP contribution in [-0.2, 0) is 10.0 Å². The van der Waals surface area contributed by atoms with Crippen LogP contribution in [0.4, 0.5) is 0 Å². The molecule has 1 aromatic heterocycles. The second-order valence-electron chi connectivity index (χ2n) is 5.56. The maximum Gasteiger partial charge on any atom is 0.272 e. The van der Waals surface area contributed by atoms with Crippen LogP contribution in [0.2, 0.25) is 0 Å². The van der Waals surface area contributed by atoms with Gasteiger partial charge >= 0.3 is 0 Å². The fraction of sp³-hybridized carbons (Fsp3) is 0.438. The number of benzene rings is 1. The summed E-state index contributed by atoms with van der Waals surface area (Å²) in [6.45, 7) is 9.90. The summed E-state index contributed by atoms with van der Waals surface area (Å²) in [5, 5.41) is 0. The molecule has 1 aromatic carbocycles. The first kappa shape index (κ1) is 16.5. The molecule has 5 nitrogen and oxygen atoms in total. The highest BCUT2D eigenvalue weighted by Crippen LogP contribution is 2.30. The molecule has 1 heterocycles. The molecule has 0 fully saturated rings. The van der Waals surface area contributed by atoms with E-state index in [1.54, 1.807) is 12.1 Å². The first-order valence-corrected chi connectivity index (χ1v) is 8.76. The maximum absolute atomic E-state index is 13.0. The van der Waals surface area contributed by atoms with Gasteiger partial charge in [-0.3, -0.25) is 0 Å². The molecular formula is C16H22N2O3S. The molecular weight excluding hydrogens is 300 g/mol. The van der Waals surface area contributed by atoms with Gasteiger partial charge in [0.1, 0.15) is 16.5 Å². The highest BCUT2D eigenvalue weighted by molar-refractivity contribution is 7.90. The molecule has 0 N–H and O–H groups in total. The minimum absolute atomic E-state index is 0.00636. The van der Waals surface area contributed by atoms with E-state index in [0.717, 1.165) is 11.1 Å². The zero-order valence-electron chi connectivity index (χ0n) is 13.6. The van der Waals surface area contributed by atoms with Crippen molar-refractivity contribution in [3.8, 4) is 5.75 Å². The summed E-state index contributed by atoms with van der Waals surface area (Å²) in [5.41, 5.74) is 1.91. The Morgan fingerprint density at radius 3 is 2.45 bits per heavy atom. The molecule has 6 heteroatoms. The first-order chi connectivity index (χ1) is 10.3. The molecule has 0 radical (unpaired) electrons. The van der Waals surface area contributed by atoms with Gasteiger partial charge in [0.25, 0.3) is 10.0 Å². The smallest absolute Gasteiger partial charge is 0.272 e. The van der Waals surface area contributed by atoms with Crippen molar-refractivity contribution in [2.75, 3.05) is 6.61 Å². The van der Waals surface area contributed by atoms with E-state index < -0.39 is 10.0 Å². The molecule has 0 aliphatic carbocycles. The molecule has 0 aliphatic heterocycles. The van der Waals surface area contributed by atoms with E-state index in [0.29, 0.717) is 18.2 Å². The van der Waals surface area contributed by atoms with Crippen molar-refractivity contribution in [3.63, 3.8) is 0 Å². The Morgan fingerprint density at radius 1 is 1.23 bits per heavy atom. The molecule has 0 aliphatic rings. The number of nitrogens with zero attached hydrogens (tertiary/aromatic N) is 2. The number of ether oxygens (including phenoxy) is 1. The molecule has 2 rings (SSSR count). The Hall–Kier alpha value is -1.82. The molecule has 0 unspecified atom stereocenters. The SMILES string of the molecule is CCOc1cc(C)c(C)cc1S(=O)(=O)n1ccnc1C(C)C. The predicted octanol–water partition coefficient (Wildman–Crippen LogP) is 3.26. The molecule has 0 atom stereocenters. The van der Waals surface area contributed by atoms with Crippen LogP contribution in [0.5, 0.6) is 5.75 Å². The van der Waals surface area contributed by atoms with Crippen LogP contribution < -0.4 is 4.74 Å². The van der Waals surface area contributed by atoms with Gasteiger partial charge in [0, 0.05) is 18.3 Å². The van der Waals surface area contributed by atoms with E-state index in [1.807, 2.05) is 34.6 Å². The van der Waals surface area contributed by atoms with Crippen LogP contribution >= 0.6 is 0 Å². The Morgan fingerprint density at radius 2 is 1.86 bits per heavy atom. The van der Waals surface area contributed by atoms with Gasteiger partial charge < -0.3 is 4.74 Å². The Labute approximate surface area is 132 Å². The fourth-order valence-corrected chi connectivity index (χ4v) is 3.88. The lowest BCUT2D eigenvalue weighted by atomic mass is 10.1. The quantitative estimate of drug-likeness (QED) is 0.847. The highest BCUT2D eigenvalue weighted by atomic mass is 32.2. The third-order valence-corrected chi connectivity index (χ3v) is 5.25. The second-order valence-corrected chi connectivity index (χ2v) is 7.34. The van der Waals surface area contributed by atoms with Crippen LogP contribution in [0.15, 0.2) is 29.4 Å². The van der Waals surface area contributed by atoms with Crippen molar-refractivity contribution >= 4 is 10.0 Å². The third-order valence-electron chi connectivity index (χ3n) is 3.55. The van der Waals surface area contributed by atoms with Crippen molar-refractivity contribution in [1.29, 1.82) is 0 Å². The topological polar surface area (TPSA) is 61.2 Å². The summed E-state index contributed by atoms with van der Waals surface area (Å²) in [6, 6.07) is 3.44. The van der Waals surface area contributed by atoms with E-state index in [1.165, 1.54) is 16.4 Å². The van der Waals surface area contributed by atoms with Crippen molar-refractivity contribution in [3.05, 3.63) is 41.5 Å². The van der Waals surface area contributed by atoms with Gasteiger partial charge in [-0.15, -0.1) is 0 Å². The Bertz CT molecular complexity index is 777. The molecule has 0 saturated heterocycles. The number of hydrogen-bond acceptors (Lipinski definition) is 4. The highest BCUT2D eigenvalue weighted by Gasteiger charge is 2.26. The summed E-state index contributed by atoms with van der Waals surface area (Å²) in [6.07, 6.45) is 2.99. The number of hydrogen-bond donors (Lipinski definition) is 0. The zero-order chi connectivity index (χ0) is 16.5. The number of aryl methyl sites for hydroxylation is 2. The van der Waals surface area contributed by atoms with Crippen LogP contribution in [0.3, 0.4) is 0 Å². The average Bonchev–Trinajstić information content (AvgIpc) is 2.93. The molecule has 2 aromatic rings. The third kappa shape index (κ3) is 2.88. The minimum atomic E-state index is -3.73. The summed E-state index contributed by atoms with van der Waals surface area (Å²) in [7, 11) is -3.73. The van der Waals surface area contributed by atoms with Crippen LogP contribution in [-0.4, -0.2) is 24.0 Å². The fourth-order valence-electron chi connectivity index (χ4n) is 2.25. The average molecular weight is 322 g/mol. The predicted molar refractivity (Wildman–Crippen MR) is 86.0 cm³/mol. The van der Waals surface area contributed by atoms with Crippen molar-refractivity contribution < 1.29 is 13.2 Å². The monoisotopic (exact) mass is 322 g/mol. The lowest BCUT2D eigenvalue weighted by molar-refractivity contribution is 0.330. The summed E-state index contributed by atoms with van der Waals surface area (Å²) in [5.74, 6) is 0.904. The number of rotatable bonds is 5. The second kappa shape index (κ2) is 6.12. The number of aromatic nitrogens is 2. The van der Waals surface area contributed by atoms with Gasteiger partial charge in [0.2, 0.25) is 0 Å². The molecule has 0 saturated carbocycles. The van der Waals surface area contributed by atoms with Crippen molar-refractivity contribution in [1.82, 2.24) is 8.96 Å². The van der Waals surface area contributed by atoms with E-state index in [-0.39, 0.29) is 10.8 Å². The minimum Gasteiger partial charge on any atom is -0.492 e. The maximum atomic E-state index is 13.0. The normalized spacial score (nSPS) is 11.9. The number of imidazole rings is 1. The van der Waals surface area contributed by atoms with Crippen molar-refractivity contribution in [2.45, 2.75) is 45.4 Å². The summed E-state index contributed by atoms with van der Waals surface area (Å²) < 4.78 is 32.8. The first-order valence-electron chi connectivity index (χ1n) is 7.31. The van der Waals surface area contributed by atoms with Crippen LogP contribution in [0.25, 0.3) is 0 Å². The Kier molecular flexibility index (Phi) is 4.60. The molecule has 22 heavy (non-hydrogen) atoms. The summed E-state index contributed by atoms with van der Waals surface area (Å²) >= 11 is 0. The standard InChI is InChI=1S/C16H22N2O3S/c1-6-21-14-9-12(4)13(5)10-15(14)22(19,20)18-8-7-17-16(18)11(2)3/h7-11H,6H2,1-5H3. The van der Waals surface area contributed by atoms with Gasteiger partial charge in [0.05, 0.1) is 6.61 Å². The zero-order valence-corrected chi connectivity index (χ0v) is 14.4. The van der Waals surface area contributed by atoms with Crippen molar-refractivity contribution in [2.24, 2.45) is 0 Å². The molecule has 0 spiro atoms. The van der Waals surface area contributed by atoms with Gasteiger partial charge in [-0.25, -0.2) is 17.4 Å². The summed E-state index contributed by atoms with van der Waals surface area (Å²) in [4.78, 5) is 4.34. The van der Waals surface area contributed by atoms with E-state index in [9.17, 15) is 8.42 Å². The van der Waals surface area contributed by atoms with Gasteiger partial charge in [-0.1, -0.05) is 13.8 Å². The largest absolute Gasteiger partial charge is 0.492 e. The molecule has 0 amide bonds. The Balaban J connectivity index is 2.68. The molecule has 0 bridgehead atoms. The van der Waals surface area contributed by atoms with E-state index in [2.05, 4.69) is 4.98 Å². The lowest BCUT2D eigenvalue weighted by Crippen LogP contribution is -2.17. The van der Waals surface area contributed by atoms with Gasteiger partial charge in [-0.05, 0) is 44.0 Å². The van der Waals surface area contributed by atoms with E-state index >= 15 is 0 Å². The molecule has 120 valence electrons. The van der Waals surface area contributed by atoms with Gasteiger partial charge in [0.15, 0.2) is 0 Å². The van der Waals surface area contributed by atoms with Gasteiger partial charge in [-0.2, -0.15) is 0 Å². The van der Waals surface area contributed by atoms with Crippen LogP contribution in [0.1, 0.15) is 43.6 Å². The van der Waals surface area contributed by atoms with E-state index in [4.69, 9.17) is 4.74 Å². The lowest BCUT2D eigenvalue weighted by Gasteiger charge is -2.16. The van der Waals surface area contributed by atoms with Crippen LogP contribution in [0, 0.1) is 13.8 Å².